The average Bonchev–Trinajstić information content (AvgIpc) is 2.88. The van der Waals surface area contributed by atoms with Gasteiger partial charge in [0.15, 0.2) is 0 Å². The van der Waals surface area contributed by atoms with Crippen molar-refractivity contribution < 1.29 is 35.1 Å². The maximum absolute atomic E-state index is 15.7. The van der Waals surface area contributed by atoms with Crippen molar-refractivity contribution in [3.63, 3.8) is 0 Å². The second-order valence-electron chi connectivity index (χ2n) is 7.37. The minimum absolute atomic E-state index is 0.114. The molecule has 4 aromatic rings. The Kier molecular flexibility index (Phi) is 7.54. The predicted molar refractivity (Wildman–Crippen MR) is 135 cm³/mol. The molecule has 0 aliphatic carbocycles. The summed E-state index contributed by atoms with van der Waals surface area (Å²) in [5.41, 5.74) is 0. The standard InChI is InChI=1S/C24H10F8GeI2/c25-13-15(27)19(31)23(34)21(17(13)29)33(11-7-3-1-4-8-11,12-9-5-2-6-10-12)22-18(30)14(26)16(28)20(32)24(22)35/h1-10H. The van der Waals surface area contributed by atoms with Gasteiger partial charge < -0.3 is 0 Å². The van der Waals surface area contributed by atoms with Gasteiger partial charge in [-0.3, -0.25) is 0 Å². The summed E-state index contributed by atoms with van der Waals surface area (Å²) in [6.07, 6.45) is 0. The molecular weight excluding hydrogens is 767 g/mol. The van der Waals surface area contributed by atoms with Crippen molar-refractivity contribution in [2.75, 3.05) is 0 Å². The van der Waals surface area contributed by atoms with Gasteiger partial charge in [-0.2, -0.15) is 0 Å². The Labute approximate surface area is 224 Å². The van der Waals surface area contributed by atoms with E-state index >= 15 is 8.78 Å². The molecule has 0 spiro atoms. The van der Waals surface area contributed by atoms with E-state index in [1.807, 2.05) is 0 Å². The zero-order chi connectivity index (χ0) is 25.7. The molecule has 4 rings (SSSR count). The first kappa shape index (κ1) is 26.4. The summed E-state index contributed by atoms with van der Waals surface area (Å²) in [5, 5.41) is 0. The molecule has 0 radical (unpaired) electrons. The molecule has 0 fully saturated rings. The van der Waals surface area contributed by atoms with E-state index < -0.39 is 75.7 Å². The van der Waals surface area contributed by atoms with Crippen LogP contribution in [0.1, 0.15) is 0 Å². The summed E-state index contributed by atoms with van der Waals surface area (Å²) in [7, 11) is 0. The molecule has 0 aromatic heterocycles. The number of benzene rings is 4. The molecule has 4 aromatic carbocycles. The third-order valence-corrected chi connectivity index (χ3v) is 19.9. The van der Waals surface area contributed by atoms with Gasteiger partial charge in [0.2, 0.25) is 0 Å². The van der Waals surface area contributed by atoms with Gasteiger partial charge in [-0.15, -0.1) is 0 Å². The molecule has 0 aliphatic rings. The molecule has 35 heavy (non-hydrogen) atoms. The van der Waals surface area contributed by atoms with Gasteiger partial charge in [0.05, 0.1) is 0 Å². The fraction of sp³-hybridized carbons (Fsp3) is 0. The van der Waals surface area contributed by atoms with Crippen molar-refractivity contribution in [3.8, 4) is 0 Å². The van der Waals surface area contributed by atoms with Crippen LogP contribution >= 0.6 is 45.2 Å². The Balaban J connectivity index is 2.41. The van der Waals surface area contributed by atoms with Crippen molar-refractivity contribution >= 4 is 76.0 Å². The Morgan fingerprint density at radius 3 is 1.00 bits per heavy atom. The quantitative estimate of drug-likeness (QED) is 0.0859. The molecule has 0 amide bonds. The van der Waals surface area contributed by atoms with E-state index in [0.29, 0.717) is 0 Å². The normalized spacial score (nSPS) is 11.7. The summed E-state index contributed by atoms with van der Waals surface area (Å²) in [6.45, 7) is 0. The van der Waals surface area contributed by atoms with Gasteiger partial charge in [0, 0.05) is 0 Å². The average molecular weight is 777 g/mol. The summed E-state index contributed by atoms with van der Waals surface area (Å²) in [5.74, 6) is -15.6. The van der Waals surface area contributed by atoms with Crippen LogP contribution in [0.5, 0.6) is 0 Å². The van der Waals surface area contributed by atoms with Gasteiger partial charge in [0.1, 0.15) is 0 Å². The van der Waals surface area contributed by atoms with Crippen LogP contribution in [0.15, 0.2) is 60.7 Å². The van der Waals surface area contributed by atoms with E-state index in [9.17, 15) is 26.3 Å². The molecule has 0 heterocycles. The molecule has 0 aliphatic heterocycles. The first-order valence-corrected chi connectivity index (χ1v) is 16.1. The van der Waals surface area contributed by atoms with Crippen LogP contribution in [0, 0.1) is 53.7 Å². The fourth-order valence-electron chi connectivity index (χ4n) is 4.11. The van der Waals surface area contributed by atoms with Crippen molar-refractivity contribution in [2.24, 2.45) is 0 Å². The number of halogens is 10. The molecular formula is C24H10F8GeI2. The van der Waals surface area contributed by atoms with Crippen molar-refractivity contribution in [3.05, 3.63) is 114 Å². The first-order chi connectivity index (χ1) is 16.6. The number of hydrogen-bond acceptors (Lipinski definition) is 0. The van der Waals surface area contributed by atoms with E-state index in [1.54, 1.807) is 12.1 Å². The summed E-state index contributed by atoms with van der Waals surface area (Å²) in [6, 6.07) is 14.6. The molecule has 0 atom stereocenters. The Bertz CT molecular complexity index is 1280. The minimum atomic E-state index is -5.49. The maximum atomic E-state index is 15.7. The second-order valence-corrected chi connectivity index (χ2v) is 17.2. The third kappa shape index (κ3) is 3.99. The zero-order valence-electron chi connectivity index (χ0n) is 17.1. The molecule has 0 unspecified atom stereocenters. The zero-order valence-corrected chi connectivity index (χ0v) is 23.5. The van der Waals surface area contributed by atoms with E-state index in [0.717, 1.165) is 0 Å². The van der Waals surface area contributed by atoms with Crippen LogP contribution in [-0.4, -0.2) is 13.3 Å². The molecule has 0 nitrogen and oxygen atoms in total. The van der Waals surface area contributed by atoms with Crippen LogP contribution in [0.2, 0.25) is 0 Å². The molecule has 11 heteroatoms. The van der Waals surface area contributed by atoms with E-state index in [2.05, 4.69) is 0 Å². The topological polar surface area (TPSA) is 0 Å². The van der Waals surface area contributed by atoms with Crippen LogP contribution in [-0.2, 0) is 0 Å². The van der Waals surface area contributed by atoms with Crippen molar-refractivity contribution in [1.29, 1.82) is 0 Å². The van der Waals surface area contributed by atoms with E-state index in [4.69, 9.17) is 0 Å². The second kappa shape index (κ2) is 10.00. The number of rotatable bonds is 4. The number of hydrogen-bond donors (Lipinski definition) is 0. The van der Waals surface area contributed by atoms with Crippen LogP contribution in [0.4, 0.5) is 35.1 Å². The Morgan fingerprint density at radius 1 is 0.400 bits per heavy atom. The van der Waals surface area contributed by atoms with Crippen LogP contribution in [0.25, 0.3) is 0 Å². The molecule has 0 saturated carbocycles. The Morgan fingerprint density at radius 2 is 0.686 bits per heavy atom. The van der Waals surface area contributed by atoms with Gasteiger partial charge in [-0.1, -0.05) is 0 Å². The van der Waals surface area contributed by atoms with Crippen molar-refractivity contribution in [2.45, 2.75) is 0 Å². The SMILES string of the molecule is Fc1c(F)c(F)[c]([Ge]([c]2ccccc2)([c]2ccccc2)[c]2c(F)c(F)c(F)c(F)c2I)c(I)c1F. The van der Waals surface area contributed by atoms with Gasteiger partial charge >= 0.3 is 225 Å². The van der Waals surface area contributed by atoms with Crippen LogP contribution in [0.3, 0.4) is 0 Å². The Hall–Kier alpha value is -1.68. The summed E-state index contributed by atoms with van der Waals surface area (Å²) in [4.78, 5) is 0. The molecule has 0 saturated heterocycles. The van der Waals surface area contributed by atoms with Crippen molar-refractivity contribution in [1.82, 2.24) is 0 Å². The van der Waals surface area contributed by atoms with E-state index in [1.165, 1.54) is 93.7 Å². The van der Waals surface area contributed by atoms with Crippen LogP contribution < -0.4 is 17.6 Å². The van der Waals surface area contributed by atoms with Gasteiger partial charge in [-0.25, -0.2) is 0 Å². The molecule has 180 valence electrons. The van der Waals surface area contributed by atoms with Gasteiger partial charge in [0.25, 0.3) is 0 Å². The monoisotopic (exact) mass is 778 g/mol. The molecule has 0 N–H and O–H groups in total. The third-order valence-electron chi connectivity index (χ3n) is 5.58. The molecule has 0 bridgehead atoms. The summed E-state index contributed by atoms with van der Waals surface area (Å²) < 4.78 is 116. The summed E-state index contributed by atoms with van der Waals surface area (Å²) >= 11 is -2.96. The predicted octanol–water partition coefficient (Wildman–Crippen LogP) is 5.39. The van der Waals surface area contributed by atoms with E-state index in [-0.39, 0.29) is 8.79 Å². The fourth-order valence-corrected chi connectivity index (χ4v) is 19.5. The van der Waals surface area contributed by atoms with Gasteiger partial charge in [-0.05, 0) is 0 Å². The first-order valence-electron chi connectivity index (χ1n) is 9.71.